The molecule has 0 aliphatic heterocycles. The van der Waals surface area contributed by atoms with E-state index < -0.39 is 6.10 Å². The van der Waals surface area contributed by atoms with Crippen molar-refractivity contribution in [3.05, 3.63) is 64.9 Å². The topological polar surface area (TPSA) is 38.3 Å². The summed E-state index contributed by atoms with van der Waals surface area (Å²) in [6.45, 7) is 2.40. The number of thioether (sulfide) groups is 1. The van der Waals surface area contributed by atoms with E-state index in [-0.39, 0.29) is 11.7 Å². The molecule has 0 fully saturated rings. The first-order chi connectivity index (χ1) is 12.1. The van der Waals surface area contributed by atoms with Crippen LogP contribution in [-0.2, 0) is 10.5 Å². The zero-order valence-corrected chi connectivity index (χ0v) is 15.6. The van der Waals surface area contributed by atoms with Crippen LogP contribution in [0.2, 0.25) is 5.02 Å². The monoisotopic (exact) mass is 381 g/mol. The number of ether oxygens (including phenoxy) is 1. The van der Waals surface area contributed by atoms with Crippen molar-refractivity contribution in [1.29, 1.82) is 0 Å². The standard InChI is InChI=1S/C19H21ClFNO2S/c1-2-18(24-16-8-5-7-15(20)12-16)19(23)22-10-11-25-13-14-6-3-4-9-17(14)21/h3-9,12,18H,2,10-11,13H2,1H3,(H,22,23). The Bertz CT molecular complexity index is 699. The Kier molecular flexibility index (Phi) is 8.09. The second kappa shape index (κ2) is 10.3. The van der Waals surface area contributed by atoms with Crippen LogP contribution in [0.3, 0.4) is 0 Å². The van der Waals surface area contributed by atoms with Gasteiger partial charge in [-0.1, -0.05) is 42.8 Å². The van der Waals surface area contributed by atoms with Gasteiger partial charge in [0.05, 0.1) is 0 Å². The van der Waals surface area contributed by atoms with E-state index in [1.165, 1.54) is 6.07 Å². The molecule has 25 heavy (non-hydrogen) atoms. The lowest BCUT2D eigenvalue weighted by Gasteiger charge is -2.17. The molecule has 1 N–H and O–H groups in total. The van der Waals surface area contributed by atoms with Gasteiger partial charge in [0, 0.05) is 23.1 Å². The number of amides is 1. The molecule has 2 aromatic carbocycles. The van der Waals surface area contributed by atoms with Crippen LogP contribution in [0.4, 0.5) is 4.39 Å². The Balaban J connectivity index is 1.72. The number of hydrogen-bond acceptors (Lipinski definition) is 3. The summed E-state index contributed by atoms with van der Waals surface area (Å²) in [6.07, 6.45) is -0.00389. The first kappa shape index (κ1) is 19.6. The minimum absolute atomic E-state index is 0.158. The first-order valence-corrected chi connectivity index (χ1v) is 9.64. The Morgan fingerprint density at radius 2 is 2.08 bits per heavy atom. The van der Waals surface area contributed by atoms with Gasteiger partial charge in [0.15, 0.2) is 6.10 Å². The van der Waals surface area contributed by atoms with Crippen LogP contribution in [0.5, 0.6) is 5.75 Å². The predicted molar refractivity (Wildman–Crippen MR) is 102 cm³/mol. The van der Waals surface area contributed by atoms with Gasteiger partial charge in [0.2, 0.25) is 0 Å². The van der Waals surface area contributed by atoms with Crippen molar-refractivity contribution >= 4 is 29.3 Å². The third kappa shape index (κ3) is 6.59. The van der Waals surface area contributed by atoms with Gasteiger partial charge in [-0.3, -0.25) is 4.79 Å². The van der Waals surface area contributed by atoms with Gasteiger partial charge in [-0.15, -0.1) is 0 Å². The molecule has 0 aromatic heterocycles. The summed E-state index contributed by atoms with van der Waals surface area (Å²) >= 11 is 7.50. The summed E-state index contributed by atoms with van der Waals surface area (Å²) in [6, 6.07) is 13.7. The molecular weight excluding hydrogens is 361 g/mol. The lowest BCUT2D eigenvalue weighted by Crippen LogP contribution is -2.39. The van der Waals surface area contributed by atoms with Crippen LogP contribution in [0.15, 0.2) is 48.5 Å². The third-order valence-corrected chi connectivity index (χ3v) is 4.74. The number of halogens is 2. The zero-order valence-electron chi connectivity index (χ0n) is 14.0. The van der Waals surface area contributed by atoms with Gasteiger partial charge in [0.25, 0.3) is 5.91 Å². The van der Waals surface area contributed by atoms with Crippen molar-refractivity contribution in [1.82, 2.24) is 5.32 Å². The lowest BCUT2D eigenvalue weighted by molar-refractivity contribution is -0.127. The highest BCUT2D eigenvalue weighted by atomic mass is 35.5. The fourth-order valence-electron chi connectivity index (χ4n) is 2.18. The first-order valence-electron chi connectivity index (χ1n) is 8.11. The number of rotatable bonds is 9. The quantitative estimate of drug-likeness (QED) is 0.640. The summed E-state index contributed by atoms with van der Waals surface area (Å²) in [4.78, 5) is 12.2. The van der Waals surface area contributed by atoms with Crippen LogP contribution in [0, 0.1) is 5.82 Å². The lowest BCUT2D eigenvalue weighted by atomic mass is 10.2. The van der Waals surface area contributed by atoms with E-state index >= 15 is 0 Å². The predicted octanol–water partition coefficient (Wildman–Crippen LogP) is 4.69. The SMILES string of the molecule is CCC(Oc1cccc(Cl)c1)C(=O)NCCSCc1ccccc1F. The van der Waals surface area contributed by atoms with Crippen LogP contribution in [-0.4, -0.2) is 24.3 Å². The highest BCUT2D eigenvalue weighted by molar-refractivity contribution is 7.98. The molecule has 1 unspecified atom stereocenters. The summed E-state index contributed by atoms with van der Waals surface area (Å²) in [5.74, 6) is 1.50. The van der Waals surface area contributed by atoms with E-state index in [1.54, 1.807) is 48.2 Å². The zero-order chi connectivity index (χ0) is 18.1. The van der Waals surface area contributed by atoms with E-state index in [4.69, 9.17) is 16.3 Å². The van der Waals surface area contributed by atoms with Crippen LogP contribution < -0.4 is 10.1 Å². The van der Waals surface area contributed by atoms with Gasteiger partial charge >= 0.3 is 0 Å². The molecule has 134 valence electrons. The molecule has 0 saturated heterocycles. The summed E-state index contributed by atoms with van der Waals surface area (Å²) in [7, 11) is 0. The number of hydrogen-bond donors (Lipinski definition) is 1. The average Bonchev–Trinajstić information content (AvgIpc) is 2.60. The maximum atomic E-state index is 13.5. The van der Waals surface area contributed by atoms with Crippen molar-refractivity contribution in [2.45, 2.75) is 25.2 Å². The van der Waals surface area contributed by atoms with Crippen molar-refractivity contribution in [3.8, 4) is 5.75 Å². The largest absolute Gasteiger partial charge is 0.481 e. The number of benzene rings is 2. The Morgan fingerprint density at radius 1 is 1.28 bits per heavy atom. The molecule has 0 heterocycles. The molecule has 0 spiro atoms. The maximum Gasteiger partial charge on any atom is 0.261 e. The van der Waals surface area contributed by atoms with Gasteiger partial charge < -0.3 is 10.1 Å². The fourth-order valence-corrected chi connectivity index (χ4v) is 3.21. The Morgan fingerprint density at radius 3 is 2.80 bits per heavy atom. The van der Waals surface area contributed by atoms with E-state index in [2.05, 4.69) is 5.32 Å². The summed E-state index contributed by atoms with van der Waals surface area (Å²) in [5.41, 5.74) is 0.676. The van der Waals surface area contributed by atoms with Gasteiger partial charge in [0.1, 0.15) is 11.6 Å². The summed E-state index contributed by atoms with van der Waals surface area (Å²) in [5, 5.41) is 3.42. The number of carbonyl (C=O) groups excluding carboxylic acids is 1. The second-order valence-electron chi connectivity index (χ2n) is 5.41. The molecule has 3 nitrogen and oxygen atoms in total. The van der Waals surface area contributed by atoms with Gasteiger partial charge in [-0.05, 0) is 36.2 Å². The molecule has 0 radical (unpaired) electrons. The van der Waals surface area contributed by atoms with Crippen molar-refractivity contribution in [2.24, 2.45) is 0 Å². The van der Waals surface area contributed by atoms with Crippen LogP contribution in [0.1, 0.15) is 18.9 Å². The van der Waals surface area contributed by atoms with E-state index in [0.29, 0.717) is 40.8 Å². The molecule has 6 heteroatoms. The van der Waals surface area contributed by atoms with Gasteiger partial charge in [-0.2, -0.15) is 11.8 Å². The molecule has 2 aromatic rings. The highest BCUT2D eigenvalue weighted by Crippen LogP contribution is 2.19. The molecule has 0 bridgehead atoms. The fraction of sp³-hybridized carbons (Fsp3) is 0.316. The van der Waals surface area contributed by atoms with E-state index in [0.717, 1.165) is 0 Å². The minimum Gasteiger partial charge on any atom is -0.481 e. The Labute approximate surface area is 156 Å². The molecule has 0 aliphatic rings. The van der Waals surface area contributed by atoms with E-state index in [9.17, 15) is 9.18 Å². The van der Waals surface area contributed by atoms with Crippen molar-refractivity contribution < 1.29 is 13.9 Å². The van der Waals surface area contributed by atoms with Crippen LogP contribution in [0.25, 0.3) is 0 Å². The normalized spacial score (nSPS) is 11.8. The molecular formula is C19H21ClFNO2S. The third-order valence-electron chi connectivity index (χ3n) is 3.50. The molecule has 1 amide bonds. The average molecular weight is 382 g/mol. The minimum atomic E-state index is -0.560. The number of carbonyl (C=O) groups is 1. The van der Waals surface area contributed by atoms with Crippen molar-refractivity contribution in [2.75, 3.05) is 12.3 Å². The molecule has 1 atom stereocenters. The molecule has 0 saturated carbocycles. The maximum absolute atomic E-state index is 13.5. The van der Waals surface area contributed by atoms with Gasteiger partial charge in [-0.25, -0.2) is 4.39 Å². The van der Waals surface area contributed by atoms with E-state index in [1.807, 2.05) is 13.0 Å². The highest BCUT2D eigenvalue weighted by Gasteiger charge is 2.17. The smallest absolute Gasteiger partial charge is 0.261 e. The molecule has 0 aliphatic carbocycles. The Hall–Kier alpha value is -1.72. The molecule has 2 rings (SSSR count). The number of nitrogens with one attached hydrogen (secondary N) is 1. The summed E-state index contributed by atoms with van der Waals surface area (Å²) < 4.78 is 19.2. The second-order valence-corrected chi connectivity index (χ2v) is 6.95. The van der Waals surface area contributed by atoms with Crippen molar-refractivity contribution in [3.63, 3.8) is 0 Å². The van der Waals surface area contributed by atoms with Crippen LogP contribution >= 0.6 is 23.4 Å².